The minimum absolute atomic E-state index is 0.219. The molecule has 0 aliphatic rings. The summed E-state index contributed by atoms with van der Waals surface area (Å²) in [5.41, 5.74) is 10.5. The van der Waals surface area contributed by atoms with E-state index in [1.807, 2.05) is 0 Å². The van der Waals surface area contributed by atoms with Crippen molar-refractivity contribution in [3.63, 3.8) is 0 Å². The Balaban J connectivity index is 1.62. The van der Waals surface area contributed by atoms with Crippen molar-refractivity contribution in [2.24, 2.45) is 0 Å². The number of furan rings is 1. The van der Waals surface area contributed by atoms with Gasteiger partial charge in [0.1, 0.15) is 17.2 Å². The molecule has 0 unspecified atom stereocenters. The molecule has 12 heteroatoms. The highest BCUT2D eigenvalue weighted by molar-refractivity contribution is 14.2. The Kier molecular flexibility index (Phi) is 6.61. The summed E-state index contributed by atoms with van der Waals surface area (Å²) in [6.45, 7) is 0. The van der Waals surface area contributed by atoms with E-state index in [0.29, 0.717) is 50.2 Å². The van der Waals surface area contributed by atoms with Crippen LogP contribution in [0.4, 0.5) is 15.8 Å². The minimum atomic E-state index is -4.01. The number of hydrogen-bond acceptors (Lipinski definition) is 8. The number of hydrogen-bond donors (Lipinski definition) is 2. The van der Waals surface area contributed by atoms with Gasteiger partial charge in [-0.05, 0) is 66.2 Å². The van der Waals surface area contributed by atoms with Gasteiger partial charge in [0.05, 0.1) is 11.3 Å². The second-order valence-electron chi connectivity index (χ2n) is 9.12. The highest BCUT2D eigenvalue weighted by Gasteiger charge is 2.25. The molecule has 0 saturated carbocycles. The van der Waals surface area contributed by atoms with E-state index in [2.05, 4.69) is 15.3 Å². The molecular formula is C29H21FIN5O5. The molecule has 206 valence electrons. The zero-order valence-corrected chi connectivity index (χ0v) is 23.8. The molecule has 3 aromatic heterocycles. The molecule has 6 rings (SSSR count). The lowest BCUT2D eigenvalue weighted by atomic mass is 9.96. The average Bonchev–Trinajstić information content (AvgIpc) is 3.57. The topological polar surface area (TPSA) is 145 Å². The number of aromatic nitrogens is 2. The molecule has 0 aliphatic carbocycles. The Hall–Kier alpha value is -4.85. The van der Waals surface area contributed by atoms with Crippen LogP contribution in [-0.4, -0.2) is 30.0 Å². The predicted octanol–water partition coefficient (Wildman–Crippen LogP) is 6.60. The van der Waals surface area contributed by atoms with Crippen LogP contribution < -0.4 is 14.2 Å². The maximum Gasteiger partial charge on any atom is 0.420 e. The molecule has 3 N–H and O–H groups in total. The standard InChI is InChI=1S/C29H21FIN5O5/c1-33-28(37)25-21-13-20(16-10-17(12-19(32)11-16)29-35-27-23(41-29)4-3-9-34-27)22(36(2)31(38)39)14-24(21)40-26(25)15-5-7-18(30)8-6-15/h3-14H,32H2,1-2H3,(H,33,37). The monoisotopic (exact) mass is 665 g/mol. The molecule has 1 amide bonds. The van der Waals surface area contributed by atoms with Gasteiger partial charge in [-0.15, -0.1) is 0 Å². The number of carbonyl (C=O) groups excluding carboxylic acids is 1. The van der Waals surface area contributed by atoms with Crippen molar-refractivity contribution in [1.29, 1.82) is 0 Å². The van der Waals surface area contributed by atoms with E-state index in [-0.39, 0.29) is 22.8 Å². The smallest absolute Gasteiger partial charge is 0.420 e. The first-order chi connectivity index (χ1) is 19.7. The van der Waals surface area contributed by atoms with Crippen LogP contribution in [0.25, 0.3) is 56.1 Å². The number of carbonyl (C=O) groups is 1. The molecule has 41 heavy (non-hydrogen) atoms. The van der Waals surface area contributed by atoms with E-state index in [0.717, 1.165) is 0 Å². The molecule has 0 fully saturated rings. The van der Waals surface area contributed by atoms with E-state index in [1.54, 1.807) is 48.7 Å². The van der Waals surface area contributed by atoms with E-state index < -0.39 is 31.8 Å². The van der Waals surface area contributed by atoms with Crippen molar-refractivity contribution in [3.8, 4) is 33.9 Å². The van der Waals surface area contributed by atoms with Crippen molar-refractivity contribution >= 4 is 59.5 Å². The van der Waals surface area contributed by atoms with Gasteiger partial charge in [0.2, 0.25) is 5.89 Å². The second-order valence-corrected chi connectivity index (χ2v) is 11.7. The Morgan fingerprint density at radius 1 is 0.976 bits per heavy atom. The molecule has 0 aliphatic heterocycles. The third kappa shape index (κ3) is 4.75. The number of nitrogens with one attached hydrogen (secondary N) is 1. The summed E-state index contributed by atoms with van der Waals surface area (Å²) in [4.78, 5) is 21.8. The molecule has 3 heterocycles. The molecule has 0 radical (unpaired) electrons. The Labute approximate surface area is 239 Å². The Morgan fingerprint density at radius 2 is 1.73 bits per heavy atom. The van der Waals surface area contributed by atoms with Crippen LogP contribution in [0.5, 0.6) is 0 Å². The Morgan fingerprint density at radius 3 is 2.44 bits per heavy atom. The van der Waals surface area contributed by atoms with Crippen molar-refractivity contribution in [2.75, 3.05) is 22.9 Å². The fourth-order valence-corrected chi connectivity index (χ4v) is 5.49. The molecule has 0 atom stereocenters. The number of nitrogen functional groups attached to an aromatic ring is 1. The number of pyridine rings is 1. The molecule has 10 nitrogen and oxygen atoms in total. The second kappa shape index (κ2) is 10.3. The van der Waals surface area contributed by atoms with E-state index in [4.69, 9.17) is 14.6 Å². The number of halogens is 2. The maximum absolute atomic E-state index is 13.6. The summed E-state index contributed by atoms with van der Waals surface area (Å²) in [5, 5.41) is 3.06. The van der Waals surface area contributed by atoms with E-state index >= 15 is 0 Å². The summed E-state index contributed by atoms with van der Waals surface area (Å²) >= 11 is -4.01. The van der Waals surface area contributed by atoms with Gasteiger partial charge in [0.25, 0.3) is 5.91 Å². The van der Waals surface area contributed by atoms with Gasteiger partial charge in [0, 0.05) is 54.1 Å². The number of fused-ring (bicyclic) bond motifs is 2. The van der Waals surface area contributed by atoms with Crippen molar-refractivity contribution < 1.29 is 24.2 Å². The van der Waals surface area contributed by atoms with Gasteiger partial charge in [-0.3, -0.25) is 7.91 Å². The van der Waals surface area contributed by atoms with Gasteiger partial charge in [-0.2, -0.15) is 4.98 Å². The van der Waals surface area contributed by atoms with Crippen LogP contribution in [0, 0.1) is 5.82 Å². The molecule has 3 aromatic carbocycles. The quantitative estimate of drug-likeness (QED) is 0.114. The molecule has 0 spiro atoms. The fraction of sp³-hybridized carbons (Fsp3) is 0.0690. The summed E-state index contributed by atoms with van der Waals surface area (Å²) in [6, 6.07) is 17.4. The summed E-state index contributed by atoms with van der Waals surface area (Å²) in [6.07, 6.45) is 1.61. The lowest BCUT2D eigenvalue weighted by Crippen LogP contribution is -2.18. The van der Waals surface area contributed by atoms with Gasteiger partial charge in [-0.1, -0.05) is 0 Å². The van der Waals surface area contributed by atoms with E-state index in [1.165, 1.54) is 41.5 Å². The number of rotatable bonds is 6. The van der Waals surface area contributed by atoms with Gasteiger partial charge >= 0.3 is 20.1 Å². The zero-order chi connectivity index (χ0) is 28.8. The van der Waals surface area contributed by atoms with Crippen LogP contribution in [-0.2, 0) is 6.14 Å². The third-order valence-electron chi connectivity index (χ3n) is 6.58. The normalized spacial score (nSPS) is 11.4. The number of nitrogens with zero attached hydrogens (tertiary/aromatic N) is 3. The first kappa shape index (κ1) is 26.4. The lowest BCUT2D eigenvalue weighted by Gasteiger charge is -2.16. The van der Waals surface area contributed by atoms with Gasteiger partial charge in [-0.25, -0.2) is 15.5 Å². The number of oxazole rings is 1. The van der Waals surface area contributed by atoms with Crippen molar-refractivity contribution in [3.05, 3.63) is 84.3 Å². The Bertz CT molecular complexity index is 2010. The number of amides is 1. The van der Waals surface area contributed by atoms with Gasteiger partial charge in [0.15, 0.2) is 11.2 Å². The number of benzene rings is 3. The minimum Gasteiger partial charge on any atom is -0.455 e. The average molecular weight is 665 g/mol. The summed E-state index contributed by atoms with van der Waals surface area (Å²) in [7, 11) is 2.93. The first-order valence-corrected chi connectivity index (χ1v) is 15.0. The molecule has 0 saturated heterocycles. The number of nitrogens with two attached hydrogens (primary N) is 1. The van der Waals surface area contributed by atoms with Crippen LogP contribution in [0.2, 0.25) is 0 Å². The van der Waals surface area contributed by atoms with Gasteiger partial charge < -0.3 is 19.9 Å². The summed E-state index contributed by atoms with van der Waals surface area (Å²) in [5.74, 6) is -0.356. The van der Waals surface area contributed by atoms with Crippen molar-refractivity contribution in [1.82, 2.24) is 15.3 Å². The lowest BCUT2D eigenvalue weighted by molar-refractivity contribution is 0.0964. The largest absolute Gasteiger partial charge is 0.455 e. The van der Waals surface area contributed by atoms with Crippen molar-refractivity contribution in [2.45, 2.75) is 0 Å². The molecule has 0 bridgehead atoms. The first-order valence-electron chi connectivity index (χ1n) is 12.2. The number of anilines is 2. The highest BCUT2D eigenvalue weighted by Crippen LogP contribution is 2.43. The van der Waals surface area contributed by atoms with Crippen LogP contribution >= 0.6 is 20.1 Å². The maximum atomic E-state index is 13.6. The molecular weight excluding hydrogens is 644 g/mol. The fourth-order valence-electron chi connectivity index (χ4n) is 4.67. The van der Waals surface area contributed by atoms with E-state index in [9.17, 15) is 15.3 Å². The SMILES string of the molecule is CNC(=O)c1c(-c2ccc(F)cc2)oc2cc(N(C)I(=O)=O)c(-c3cc(N)cc(-c4nc5ncccc5o4)c3)cc12. The van der Waals surface area contributed by atoms with Crippen LogP contribution in [0.3, 0.4) is 0 Å². The van der Waals surface area contributed by atoms with Crippen LogP contribution in [0.1, 0.15) is 10.4 Å². The zero-order valence-electron chi connectivity index (χ0n) is 21.6. The molecule has 6 aromatic rings. The third-order valence-corrected chi connectivity index (χ3v) is 8.29. The summed E-state index contributed by atoms with van der Waals surface area (Å²) < 4.78 is 51.3. The highest BCUT2D eigenvalue weighted by atomic mass is 127. The van der Waals surface area contributed by atoms with Crippen LogP contribution in [0.15, 0.2) is 81.8 Å². The predicted molar refractivity (Wildman–Crippen MR) is 159 cm³/mol.